The second kappa shape index (κ2) is 9.64. The van der Waals surface area contributed by atoms with Gasteiger partial charge in [-0.1, -0.05) is 12.1 Å². The number of likely N-dealkylation sites (tertiary alicyclic amines) is 1. The van der Waals surface area contributed by atoms with Crippen LogP contribution in [0.25, 0.3) is 0 Å². The van der Waals surface area contributed by atoms with Crippen LogP contribution in [0, 0.1) is 18.3 Å². The molecule has 2 fully saturated rings. The molecule has 1 saturated heterocycles. The minimum absolute atomic E-state index is 0.0320. The molecular formula is C22H28F2N4O4. The van der Waals surface area contributed by atoms with Gasteiger partial charge in [-0.3, -0.25) is 19.6 Å². The fourth-order valence-electron chi connectivity index (χ4n) is 4.11. The average Bonchev–Trinajstić information content (AvgIpc) is 3.13. The van der Waals surface area contributed by atoms with Crippen LogP contribution in [0.3, 0.4) is 0 Å². The molecule has 0 bridgehead atoms. The van der Waals surface area contributed by atoms with E-state index in [2.05, 4.69) is 20.4 Å². The molecule has 10 heteroatoms. The number of hydrogen-bond acceptors (Lipinski definition) is 5. The average molecular weight is 450 g/mol. The van der Waals surface area contributed by atoms with Crippen molar-refractivity contribution in [2.24, 2.45) is 11.3 Å². The first-order valence-electron chi connectivity index (χ1n) is 10.3. The Bertz CT molecular complexity index is 944. The number of carboxylic acid groups (broad SMARTS) is 1. The first-order chi connectivity index (χ1) is 15.2. The molecule has 0 radical (unpaired) electrons. The standard InChI is InChI=1S/C21H26F2N4O2.CH2O2/c1-14-6-17(26-25-14)11-27-12-20(13-27,8-15-4-3-5-18(7-15)29-2)19(28)24-10-16-9-21(16,22)23;2-1-3/h3-7,16H,8-13H2,1-2H3,(H,24,28)(H,25,26);1H,(H,2,3). The summed E-state index contributed by atoms with van der Waals surface area (Å²) in [4.78, 5) is 23.5. The van der Waals surface area contributed by atoms with E-state index in [0.717, 1.165) is 22.7 Å². The Morgan fingerprint density at radius 3 is 2.66 bits per heavy atom. The lowest BCUT2D eigenvalue weighted by Crippen LogP contribution is -2.64. The topological polar surface area (TPSA) is 108 Å². The SMILES string of the molecule is COc1cccc(CC2(C(=O)NCC3CC3(F)F)CN(Cc3cc(C)[nH]n3)C2)c1.O=CO. The second-order valence-electron chi connectivity index (χ2n) is 8.47. The summed E-state index contributed by atoms with van der Waals surface area (Å²) in [6, 6.07) is 9.62. The Morgan fingerprint density at radius 2 is 2.09 bits per heavy atom. The minimum Gasteiger partial charge on any atom is -0.497 e. The number of ether oxygens (including phenoxy) is 1. The number of aryl methyl sites for hydroxylation is 1. The van der Waals surface area contributed by atoms with Gasteiger partial charge in [0.05, 0.1) is 18.2 Å². The third-order valence-corrected chi connectivity index (χ3v) is 5.82. The van der Waals surface area contributed by atoms with E-state index in [0.29, 0.717) is 26.1 Å². The van der Waals surface area contributed by atoms with Crippen molar-refractivity contribution >= 4 is 12.4 Å². The van der Waals surface area contributed by atoms with Gasteiger partial charge in [0, 0.05) is 44.2 Å². The van der Waals surface area contributed by atoms with E-state index < -0.39 is 17.3 Å². The van der Waals surface area contributed by atoms with Crippen LogP contribution in [-0.2, 0) is 22.6 Å². The fraction of sp³-hybridized carbons (Fsp3) is 0.500. The predicted octanol–water partition coefficient (Wildman–Crippen LogP) is 2.24. The number of nitrogens with one attached hydrogen (secondary N) is 2. The lowest BCUT2D eigenvalue weighted by atomic mass is 9.73. The van der Waals surface area contributed by atoms with Gasteiger partial charge in [0.1, 0.15) is 5.75 Å². The lowest BCUT2D eigenvalue weighted by Gasteiger charge is -2.49. The summed E-state index contributed by atoms with van der Waals surface area (Å²) in [6.07, 6.45) is 0.397. The third kappa shape index (κ3) is 5.61. The maximum atomic E-state index is 13.2. The molecule has 2 aliphatic rings. The van der Waals surface area contributed by atoms with Gasteiger partial charge in [-0.2, -0.15) is 5.10 Å². The Kier molecular flexibility index (Phi) is 7.12. The van der Waals surface area contributed by atoms with Crippen LogP contribution in [0.1, 0.15) is 23.4 Å². The number of H-pyrrole nitrogens is 1. The number of aromatic amines is 1. The highest BCUT2D eigenvalue weighted by molar-refractivity contribution is 5.84. The molecule has 1 saturated carbocycles. The Balaban J connectivity index is 0.000000913. The van der Waals surface area contributed by atoms with Crippen LogP contribution >= 0.6 is 0 Å². The van der Waals surface area contributed by atoms with Gasteiger partial charge in [0.2, 0.25) is 5.91 Å². The van der Waals surface area contributed by atoms with E-state index in [1.165, 1.54) is 0 Å². The molecule has 174 valence electrons. The molecule has 1 aliphatic heterocycles. The van der Waals surface area contributed by atoms with Gasteiger partial charge in [0.15, 0.2) is 0 Å². The van der Waals surface area contributed by atoms with Gasteiger partial charge in [-0.15, -0.1) is 0 Å². The second-order valence-corrected chi connectivity index (χ2v) is 8.47. The van der Waals surface area contributed by atoms with Crippen LogP contribution in [0.15, 0.2) is 30.3 Å². The van der Waals surface area contributed by atoms with Gasteiger partial charge >= 0.3 is 0 Å². The Labute approximate surface area is 184 Å². The summed E-state index contributed by atoms with van der Waals surface area (Å²) >= 11 is 0. The molecule has 32 heavy (non-hydrogen) atoms. The fourth-order valence-corrected chi connectivity index (χ4v) is 4.11. The molecule has 0 spiro atoms. The van der Waals surface area contributed by atoms with Crippen LogP contribution in [0.4, 0.5) is 8.78 Å². The largest absolute Gasteiger partial charge is 0.497 e. The van der Waals surface area contributed by atoms with Crippen molar-refractivity contribution < 1.29 is 28.2 Å². The Hall–Kier alpha value is -3.01. The molecule has 1 aliphatic carbocycles. The number of rotatable bonds is 8. The zero-order valence-corrected chi connectivity index (χ0v) is 18.1. The molecule has 1 atom stereocenters. The van der Waals surface area contributed by atoms with Crippen LogP contribution in [0.2, 0.25) is 0 Å². The number of hydrogen-bond donors (Lipinski definition) is 3. The highest BCUT2D eigenvalue weighted by Gasteiger charge is 2.57. The van der Waals surface area contributed by atoms with Crippen molar-refractivity contribution in [3.05, 3.63) is 47.3 Å². The molecule has 2 aromatic rings. The zero-order valence-electron chi connectivity index (χ0n) is 18.1. The number of alkyl halides is 2. The molecule has 1 unspecified atom stereocenters. The molecule has 3 N–H and O–H groups in total. The molecule has 1 aromatic heterocycles. The van der Waals surface area contributed by atoms with E-state index >= 15 is 0 Å². The summed E-state index contributed by atoms with van der Waals surface area (Å²) < 4.78 is 31.7. The highest BCUT2D eigenvalue weighted by Crippen LogP contribution is 2.48. The number of amides is 1. The van der Waals surface area contributed by atoms with Crippen molar-refractivity contribution in [2.75, 3.05) is 26.7 Å². The van der Waals surface area contributed by atoms with Crippen LogP contribution < -0.4 is 10.1 Å². The molecule has 2 heterocycles. The minimum atomic E-state index is -2.63. The van der Waals surface area contributed by atoms with Crippen LogP contribution in [-0.4, -0.2) is 65.2 Å². The molecule has 1 amide bonds. The van der Waals surface area contributed by atoms with Crippen molar-refractivity contribution in [3.8, 4) is 5.75 Å². The lowest BCUT2D eigenvalue weighted by molar-refractivity contribution is -0.142. The normalized spacial score (nSPS) is 20.3. The van der Waals surface area contributed by atoms with Crippen molar-refractivity contribution in [1.82, 2.24) is 20.4 Å². The number of benzene rings is 1. The molecular weight excluding hydrogens is 422 g/mol. The summed E-state index contributed by atoms with van der Waals surface area (Å²) in [7, 11) is 1.61. The number of carbonyl (C=O) groups excluding carboxylic acids is 1. The summed E-state index contributed by atoms with van der Waals surface area (Å²) in [6.45, 7) is 3.50. The van der Waals surface area contributed by atoms with E-state index in [4.69, 9.17) is 14.6 Å². The van der Waals surface area contributed by atoms with Gasteiger partial charge in [-0.05, 0) is 37.1 Å². The van der Waals surface area contributed by atoms with E-state index in [-0.39, 0.29) is 25.3 Å². The van der Waals surface area contributed by atoms with E-state index in [1.807, 2.05) is 37.3 Å². The number of methoxy groups -OCH3 is 1. The number of nitrogens with zero attached hydrogens (tertiary/aromatic N) is 2. The van der Waals surface area contributed by atoms with E-state index in [9.17, 15) is 13.6 Å². The Morgan fingerprint density at radius 1 is 1.41 bits per heavy atom. The predicted molar refractivity (Wildman–Crippen MR) is 112 cm³/mol. The number of carbonyl (C=O) groups is 2. The zero-order chi connectivity index (χ0) is 23.4. The number of aromatic nitrogens is 2. The smallest absolute Gasteiger partial charge is 0.290 e. The quantitative estimate of drug-likeness (QED) is 0.533. The van der Waals surface area contributed by atoms with E-state index in [1.54, 1.807) is 7.11 Å². The summed E-state index contributed by atoms with van der Waals surface area (Å²) in [5, 5.41) is 16.8. The van der Waals surface area contributed by atoms with Gasteiger partial charge < -0.3 is 15.2 Å². The maximum absolute atomic E-state index is 13.2. The molecule has 1 aromatic carbocycles. The summed E-state index contributed by atoms with van der Waals surface area (Å²) in [5.41, 5.74) is 2.27. The molecule has 4 rings (SSSR count). The first kappa shape index (κ1) is 23.6. The summed E-state index contributed by atoms with van der Waals surface area (Å²) in [5.74, 6) is -2.78. The first-order valence-corrected chi connectivity index (χ1v) is 10.3. The highest BCUT2D eigenvalue weighted by atomic mass is 19.3. The monoisotopic (exact) mass is 450 g/mol. The van der Waals surface area contributed by atoms with Crippen molar-refractivity contribution in [2.45, 2.75) is 32.2 Å². The number of halogens is 2. The van der Waals surface area contributed by atoms with Gasteiger partial charge in [-0.25, -0.2) is 8.78 Å². The van der Waals surface area contributed by atoms with Crippen LogP contribution in [0.5, 0.6) is 5.75 Å². The van der Waals surface area contributed by atoms with Crippen molar-refractivity contribution in [1.29, 1.82) is 0 Å². The van der Waals surface area contributed by atoms with Gasteiger partial charge in [0.25, 0.3) is 12.4 Å². The maximum Gasteiger partial charge on any atom is 0.290 e. The molecule has 8 nitrogen and oxygen atoms in total. The third-order valence-electron chi connectivity index (χ3n) is 5.82. The van der Waals surface area contributed by atoms with Crippen molar-refractivity contribution in [3.63, 3.8) is 0 Å².